The van der Waals surface area contributed by atoms with Crippen LogP contribution in [0.5, 0.6) is 0 Å². The number of benzene rings is 1. The molecule has 1 unspecified atom stereocenters. The summed E-state index contributed by atoms with van der Waals surface area (Å²) < 4.78 is 40.5. The summed E-state index contributed by atoms with van der Waals surface area (Å²) in [5, 5.41) is -0.181. The number of hydrogen-bond donors (Lipinski definition) is 1. The number of likely N-dealkylation sites (tertiary alicyclic amines) is 1. The van der Waals surface area contributed by atoms with E-state index in [1.165, 1.54) is 6.07 Å². The highest BCUT2D eigenvalue weighted by Gasteiger charge is 2.37. The molecule has 6 heteroatoms. The fourth-order valence-corrected chi connectivity index (χ4v) is 4.48. The molecule has 4 nitrogen and oxygen atoms in total. The molecule has 0 bridgehead atoms. The van der Waals surface area contributed by atoms with Gasteiger partial charge in [0.1, 0.15) is 5.82 Å². The molecule has 1 aliphatic heterocycles. The highest BCUT2D eigenvalue weighted by atomic mass is 32.2. The number of sulfonamides is 1. The van der Waals surface area contributed by atoms with Gasteiger partial charge >= 0.3 is 0 Å². The van der Waals surface area contributed by atoms with Gasteiger partial charge in [-0.05, 0) is 38.3 Å². The lowest BCUT2D eigenvalue weighted by Gasteiger charge is -2.33. The summed E-state index contributed by atoms with van der Waals surface area (Å²) in [6.45, 7) is 2.07. The molecule has 3 rings (SSSR count). The van der Waals surface area contributed by atoms with E-state index in [1.54, 1.807) is 12.1 Å². The van der Waals surface area contributed by atoms with Crippen LogP contribution >= 0.6 is 0 Å². The first kappa shape index (κ1) is 14.9. The summed E-state index contributed by atoms with van der Waals surface area (Å²) in [6, 6.07) is 6.72. The van der Waals surface area contributed by atoms with Crippen LogP contribution in [0.15, 0.2) is 24.3 Å². The van der Waals surface area contributed by atoms with Crippen molar-refractivity contribution in [3.8, 4) is 0 Å². The number of hydrogen-bond acceptors (Lipinski definition) is 3. The average molecular weight is 312 g/mol. The molecule has 1 aromatic rings. The van der Waals surface area contributed by atoms with Crippen molar-refractivity contribution in [3.63, 3.8) is 0 Å². The maximum Gasteiger partial charge on any atom is 0.214 e. The predicted molar refractivity (Wildman–Crippen MR) is 79.8 cm³/mol. The Bertz CT molecular complexity index is 601. The number of nitrogens with zero attached hydrogens (tertiary/aromatic N) is 1. The molecule has 1 N–H and O–H groups in total. The fraction of sp³-hybridized carbons (Fsp3) is 0.600. The second kappa shape index (κ2) is 6.02. The summed E-state index contributed by atoms with van der Waals surface area (Å²) in [4.78, 5) is 2.13. The highest BCUT2D eigenvalue weighted by molar-refractivity contribution is 7.90. The van der Waals surface area contributed by atoms with Crippen molar-refractivity contribution in [2.24, 2.45) is 0 Å². The summed E-state index contributed by atoms with van der Waals surface area (Å²) >= 11 is 0. The second-order valence-electron chi connectivity index (χ2n) is 6.03. The molecule has 0 radical (unpaired) electrons. The van der Waals surface area contributed by atoms with E-state index in [4.69, 9.17) is 0 Å². The van der Waals surface area contributed by atoms with Crippen molar-refractivity contribution < 1.29 is 12.8 Å². The number of piperidine rings is 1. The van der Waals surface area contributed by atoms with Crippen LogP contribution in [0.1, 0.15) is 31.2 Å². The first-order chi connectivity index (χ1) is 10.0. The monoisotopic (exact) mass is 312 g/mol. The molecule has 2 fully saturated rings. The van der Waals surface area contributed by atoms with Gasteiger partial charge in [-0.15, -0.1) is 0 Å². The summed E-state index contributed by atoms with van der Waals surface area (Å²) in [5.41, 5.74) is 0.670. The van der Waals surface area contributed by atoms with E-state index >= 15 is 0 Å². The van der Waals surface area contributed by atoms with Crippen molar-refractivity contribution in [1.82, 2.24) is 9.62 Å². The van der Waals surface area contributed by atoms with Crippen molar-refractivity contribution in [2.75, 3.05) is 13.1 Å². The molecule has 1 saturated carbocycles. The van der Waals surface area contributed by atoms with Crippen LogP contribution in [0.3, 0.4) is 0 Å². The topological polar surface area (TPSA) is 49.4 Å². The van der Waals surface area contributed by atoms with Gasteiger partial charge in [0, 0.05) is 24.7 Å². The fourth-order valence-electron chi connectivity index (χ4n) is 2.87. The van der Waals surface area contributed by atoms with Crippen molar-refractivity contribution in [3.05, 3.63) is 35.6 Å². The van der Waals surface area contributed by atoms with Gasteiger partial charge in [-0.3, -0.25) is 4.90 Å². The van der Waals surface area contributed by atoms with Gasteiger partial charge in [0.25, 0.3) is 0 Å². The van der Waals surface area contributed by atoms with Crippen LogP contribution in [0, 0.1) is 5.82 Å². The van der Waals surface area contributed by atoms with E-state index in [0.29, 0.717) is 18.7 Å². The molecular weight excluding hydrogens is 291 g/mol. The minimum atomic E-state index is -3.14. The molecule has 0 spiro atoms. The molecule has 21 heavy (non-hydrogen) atoms. The van der Waals surface area contributed by atoms with E-state index in [2.05, 4.69) is 9.62 Å². The Kier molecular flexibility index (Phi) is 4.28. The molecular formula is C15H21FN2O2S. The van der Waals surface area contributed by atoms with Gasteiger partial charge in [-0.25, -0.2) is 17.5 Å². The van der Waals surface area contributed by atoms with Gasteiger partial charge in [-0.1, -0.05) is 18.2 Å². The maximum absolute atomic E-state index is 13.7. The van der Waals surface area contributed by atoms with Gasteiger partial charge in [-0.2, -0.15) is 0 Å². The normalized spacial score (nSPS) is 24.1. The highest BCUT2D eigenvalue weighted by Crippen LogP contribution is 2.28. The maximum atomic E-state index is 13.7. The third kappa shape index (κ3) is 3.81. The Labute approximate surface area is 125 Å². The lowest BCUT2D eigenvalue weighted by molar-refractivity contribution is 0.192. The Hall–Kier alpha value is -0.980. The van der Waals surface area contributed by atoms with Gasteiger partial charge < -0.3 is 0 Å². The van der Waals surface area contributed by atoms with E-state index in [9.17, 15) is 12.8 Å². The van der Waals surface area contributed by atoms with Crippen molar-refractivity contribution in [1.29, 1.82) is 0 Å². The van der Waals surface area contributed by atoms with Crippen molar-refractivity contribution >= 4 is 10.0 Å². The summed E-state index contributed by atoms with van der Waals surface area (Å²) in [7, 11) is -3.14. The summed E-state index contributed by atoms with van der Waals surface area (Å²) in [6.07, 6.45) is 3.36. The molecule has 1 saturated heterocycles. The average Bonchev–Trinajstić information content (AvgIpc) is 3.26. The molecule has 1 aromatic carbocycles. The van der Waals surface area contributed by atoms with E-state index in [1.807, 2.05) is 6.07 Å². The number of rotatable bonds is 5. The third-order valence-electron chi connectivity index (χ3n) is 4.15. The zero-order valence-corrected chi connectivity index (χ0v) is 12.8. The van der Waals surface area contributed by atoms with Gasteiger partial charge in [0.2, 0.25) is 10.0 Å². The Morgan fingerprint density at radius 1 is 1.24 bits per heavy atom. The van der Waals surface area contributed by atoms with Crippen LogP contribution < -0.4 is 4.72 Å². The molecule has 1 atom stereocenters. The number of halogens is 1. The van der Waals surface area contributed by atoms with Crippen LogP contribution in [0.25, 0.3) is 0 Å². The SMILES string of the molecule is O=S(=O)(NC1CCCN(Cc2ccccc2F)C1)C1CC1. The Morgan fingerprint density at radius 2 is 2.00 bits per heavy atom. The van der Waals surface area contributed by atoms with Crippen molar-refractivity contribution in [2.45, 2.75) is 43.5 Å². The van der Waals surface area contributed by atoms with Crippen LogP contribution in [0.2, 0.25) is 0 Å². The summed E-state index contributed by atoms with van der Waals surface area (Å²) in [5.74, 6) is -0.196. The molecule has 116 valence electrons. The van der Waals surface area contributed by atoms with E-state index in [-0.39, 0.29) is 17.1 Å². The standard InChI is InChI=1S/C15H21FN2O2S/c16-15-6-2-1-4-12(15)10-18-9-3-5-13(11-18)17-21(19,20)14-7-8-14/h1-2,4,6,13-14,17H,3,5,7-11H2. The lowest BCUT2D eigenvalue weighted by Crippen LogP contribution is -2.48. The molecule has 0 aromatic heterocycles. The molecule has 2 aliphatic rings. The first-order valence-electron chi connectivity index (χ1n) is 7.51. The first-order valence-corrected chi connectivity index (χ1v) is 9.06. The predicted octanol–water partition coefficient (Wildman–Crippen LogP) is 1.87. The largest absolute Gasteiger partial charge is 0.297 e. The minimum absolute atomic E-state index is 0.0453. The van der Waals surface area contributed by atoms with Gasteiger partial charge in [0.15, 0.2) is 0 Å². The van der Waals surface area contributed by atoms with E-state index in [0.717, 1.165) is 32.2 Å². The zero-order valence-electron chi connectivity index (χ0n) is 12.0. The molecule has 1 heterocycles. The van der Waals surface area contributed by atoms with Gasteiger partial charge in [0.05, 0.1) is 5.25 Å². The van der Waals surface area contributed by atoms with E-state index < -0.39 is 10.0 Å². The smallest absolute Gasteiger partial charge is 0.214 e. The van der Waals surface area contributed by atoms with Crippen LogP contribution in [0.4, 0.5) is 4.39 Å². The zero-order chi connectivity index (χ0) is 14.9. The molecule has 0 amide bonds. The number of nitrogens with one attached hydrogen (secondary N) is 1. The molecule has 1 aliphatic carbocycles. The van der Waals surface area contributed by atoms with Crippen LogP contribution in [-0.2, 0) is 16.6 Å². The van der Waals surface area contributed by atoms with Crippen LogP contribution in [-0.4, -0.2) is 37.7 Å². The lowest BCUT2D eigenvalue weighted by atomic mass is 10.1. The minimum Gasteiger partial charge on any atom is -0.297 e. The Morgan fingerprint density at radius 3 is 2.71 bits per heavy atom. The second-order valence-corrected chi connectivity index (χ2v) is 8.02. The Balaban J connectivity index is 1.59. The quantitative estimate of drug-likeness (QED) is 0.903. The third-order valence-corrected chi connectivity index (χ3v) is 6.16.